The van der Waals surface area contributed by atoms with Gasteiger partial charge in [-0.25, -0.2) is 0 Å². The number of hydrogen-bond acceptors (Lipinski definition) is 2. The van der Waals surface area contributed by atoms with Gasteiger partial charge in [-0.1, -0.05) is 31.2 Å². The minimum Gasteiger partial charge on any atom is -0.361 e. The van der Waals surface area contributed by atoms with Gasteiger partial charge in [0.05, 0.1) is 6.04 Å². The van der Waals surface area contributed by atoms with Crippen LogP contribution in [0, 0.1) is 6.92 Å². The predicted octanol–water partition coefficient (Wildman–Crippen LogP) is 3.97. The van der Waals surface area contributed by atoms with Crippen LogP contribution in [-0.4, -0.2) is 16.9 Å². The smallest absolute Gasteiger partial charge is 0.241 e. The van der Waals surface area contributed by atoms with Crippen LogP contribution in [0.2, 0.25) is 0 Å². The second-order valence-corrected chi connectivity index (χ2v) is 6.15. The van der Waals surface area contributed by atoms with Crippen LogP contribution in [0.15, 0.2) is 48.7 Å². The number of aryl methyl sites for hydroxylation is 2. The molecule has 1 heterocycles. The highest BCUT2D eigenvalue weighted by molar-refractivity contribution is 5.95. The summed E-state index contributed by atoms with van der Waals surface area (Å²) in [5.41, 5.74) is 11.5. The molecule has 0 aliphatic heterocycles. The standard InChI is InChI=1S/C20H23N3O.ClH/c1-3-14-10-16(9-8-13(14)2)23-20(24)18(21)11-15-12-22-19-7-5-4-6-17(15)19;/h4-10,12,18,22H,3,11,21H2,1-2H3,(H,23,24);1H/t18-;/m0./s1. The van der Waals surface area contributed by atoms with Gasteiger partial charge in [0, 0.05) is 22.8 Å². The third-order valence-corrected chi connectivity index (χ3v) is 4.45. The van der Waals surface area contributed by atoms with E-state index in [1.807, 2.05) is 48.7 Å². The molecule has 0 unspecified atom stereocenters. The zero-order valence-corrected chi connectivity index (χ0v) is 15.3. The number of carbonyl (C=O) groups excluding carboxylic acids is 1. The average molecular weight is 358 g/mol. The molecule has 5 heteroatoms. The second-order valence-electron chi connectivity index (χ2n) is 6.15. The van der Waals surface area contributed by atoms with Gasteiger partial charge >= 0.3 is 0 Å². The van der Waals surface area contributed by atoms with Crippen molar-refractivity contribution in [3.63, 3.8) is 0 Å². The lowest BCUT2D eigenvalue weighted by Gasteiger charge is -2.13. The number of para-hydroxylation sites is 1. The summed E-state index contributed by atoms with van der Waals surface area (Å²) in [5.74, 6) is -0.161. The maximum Gasteiger partial charge on any atom is 0.241 e. The lowest BCUT2D eigenvalue weighted by Crippen LogP contribution is -2.37. The van der Waals surface area contributed by atoms with Crippen LogP contribution >= 0.6 is 12.4 Å². The molecule has 0 radical (unpaired) electrons. The number of nitrogens with two attached hydrogens (primary N) is 1. The number of nitrogens with one attached hydrogen (secondary N) is 2. The number of hydrogen-bond donors (Lipinski definition) is 3. The van der Waals surface area contributed by atoms with Gasteiger partial charge in [-0.2, -0.15) is 0 Å². The van der Waals surface area contributed by atoms with Crippen molar-refractivity contribution in [3.05, 3.63) is 65.4 Å². The average Bonchev–Trinajstić information content (AvgIpc) is 2.99. The van der Waals surface area contributed by atoms with E-state index in [-0.39, 0.29) is 18.3 Å². The van der Waals surface area contributed by atoms with Crippen molar-refractivity contribution in [1.82, 2.24) is 4.98 Å². The summed E-state index contributed by atoms with van der Waals surface area (Å²) in [7, 11) is 0. The van der Waals surface area contributed by atoms with Gasteiger partial charge in [-0.3, -0.25) is 4.79 Å². The van der Waals surface area contributed by atoms with Gasteiger partial charge in [0.25, 0.3) is 0 Å². The van der Waals surface area contributed by atoms with Gasteiger partial charge in [-0.15, -0.1) is 12.4 Å². The van der Waals surface area contributed by atoms with Crippen LogP contribution < -0.4 is 11.1 Å². The Kier molecular flexibility index (Phi) is 6.23. The van der Waals surface area contributed by atoms with E-state index in [0.29, 0.717) is 6.42 Å². The maximum absolute atomic E-state index is 12.4. The fourth-order valence-electron chi connectivity index (χ4n) is 3.00. The minimum absolute atomic E-state index is 0. The molecule has 1 aromatic heterocycles. The molecule has 0 aliphatic carbocycles. The Bertz CT molecular complexity index is 872. The molecule has 4 N–H and O–H groups in total. The molecule has 0 bridgehead atoms. The Morgan fingerprint density at radius 2 is 1.96 bits per heavy atom. The highest BCUT2D eigenvalue weighted by atomic mass is 35.5. The predicted molar refractivity (Wildman–Crippen MR) is 106 cm³/mol. The molecular formula is C20H24ClN3O. The first-order chi connectivity index (χ1) is 11.6. The third-order valence-electron chi connectivity index (χ3n) is 4.45. The number of carbonyl (C=O) groups is 1. The number of aromatic nitrogens is 1. The molecule has 1 amide bonds. The summed E-state index contributed by atoms with van der Waals surface area (Å²) >= 11 is 0. The summed E-state index contributed by atoms with van der Waals surface area (Å²) in [6.07, 6.45) is 3.37. The minimum atomic E-state index is -0.587. The van der Waals surface area contributed by atoms with Crippen LogP contribution in [0.3, 0.4) is 0 Å². The molecule has 132 valence electrons. The van der Waals surface area contributed by atoms with E-state index in [2.05, 4.69) is 24.1 Å². The van der Waals surface area contributed by atoms with Crippen molar-refractivity contribution in [2.24, 2.45) is 5.73 Å². The first-order valence-electron chi connectivity index (χ1n) is 8.29. The van der Waals surface area contributed by atoms with Crippen molar-refractivity contribution >= 4 is 34.9 Å². The van der Waals surface area contributed by atoms with Gasteiger partial charge in [0.1, 0.15) is 0 Å². The number of halogens is 1. The van der Waals surface area contributed by atoms with Crippen LogP contribution in [-0.2, 0) is 17.6 Å². The molecular weight excluding hydrogens is 334 g/mol. The number of amides is 1. The number of benzene rings is 2. The molecule has 3 aromatic rings. The van der Waals surface area contributed by atoms with Gasteiger partial charge in [0.15, 0.2) is 0 Å². The number of aromatic amines is 1. The summed E-state index contributed by atoms with van der Waals surface area (Å²) < 4.78 is 0. The van der Waals surface area contributed by atoms with Gasteiger partial charge in [0.2, 0.25) is 5.91 Å². The first-order valence-corrected chi connectivity index (χ1v) is 8.29. The highest BCUT2D eigenvalue weighted by Gasteiger charge is 2.16. The molecule has 2 aromatic carbocycles. The maximum atomic E-state index is 12.4. The van der Waals surface area contributed by atoms with Gasteiger partial charge < -0.3 is 16.0 Å². The molecule has 4 nitrogen and oxygen atoms in total. The highest BCUT2D eigenvalue weighted by Crippen LogP contribution is 2.20. The monoisotopic (exact) mass is 357 g/mol. The molecule has 0 saturated carbocycles. The zero-order chi connectivity index (χ0) is 17.1. The van der Waals surface area contributed by atoms with Crippen LogP contribution in [0.4, 0.5) is 5.69 Å². The van der Waals surface area contributed by atoms with Crippen molar-refractivity contribution in [2.75, 3.05) is 5.32 Å². The van der Waals surface area contributed by atoms with E-state index in [4.69, 9.17) is 5.73 Å². The summed E-state index contributed by atoms with van der Waals surface area (Å²) in [5, 5.41) is 4.05. The number of anilines is 1. The molecule has 0 saturated heterocycles. The topological polar surface area (TPSA) is 70.9 Å². The van der Waals surface area contributed by atoms with E-state index in [1.54, 1.807) is 0 Å². The quantitative estimate of drug-likeness (QED) is 0.646. The largest absolute Gasteiger partial charge is 0.361 e. The Morgan fingerprint density at radius 3 is 2.72 bits per heavy atom. The zero-order valence-electron chi connectivity index (χ0n) is 14.5. The molecule has 3 rings (SSSR count). The van der Waals surface area contributed by atoms with Crippen LogP contribution in [0.5, 0.6) is 0 Å². The fraction of sp³-hybridized carbons (Fsp3) is 0.250. The van der Waals surface area contributed by atoms with Crippen LogP contribution in [0.25, 0.3) is 10.9 Å². The molecule has 0 spiro atoms. The molecule has 0 fully saturated rings. The van der Waals surface area contributed by atoms with Crippen molar-refractivity contribution in [1.29, 1.82) is 0 Å². The second kappa shape index (κ2) is 8.19. The van der Waals surface area contributed by atoms with Crippen LogP contribution in [0.1, 0.15) is 23.6 Å². The first kappa shape index (κ1) is 19.0. The van der Waals surface area contributed by atoms with Gasteiger partial charge in [-0.05, 0) is 54.7 Å². The third kappa shape index (κ3) is 4.21. The number of fused-ring (bicyclic) bond motifs is 1. The molecule has 0 aliphatic rings. The Hall–Kier alpha value is -2.30. The summed E-state index contributed by atoms with van der Waals surface area (Å²) in [6, 6.07) is 13.4. The molecule has 25 heavy (non-hydrogen) atoms. The summed E-state index contributed by atoms with van der Waals surface area (Å²) in [6.45, 7) is 4.18. The summed E-state index contributed by atoms with van der Waals surface area (Å²) in [4.78, 5) is 15.6. The Balaban J connectivity index is 0.00000225. The van der Waals surface area contributed by atoms with E-state index >= 15 is 0 Å². The van der Waals surface area contributed by atoms with E-state index in [1.165, 1.54) is 11.1 Å². The Morgan fingerprint density at radius 1 is 1.20 bits per heavy atom. The van der Waals surface area contributed by atoms with E-state index in [9.17, 15) is 4.79 Å². The van der Waals surface area contributed by atoms with Crippen molar-refractivity contribution in [3.8, 4) is 0 Å². The Labute approximate surface area is 154 Å². The van der Waals surface area contributed by atoms with E-state index < -0.39 is 6.04 Å². The van der Waals surface area contributed by atoms with Crippen molar-refractivity contribution < 1.29 is 4.79 Å². The SMILES string of the molecule is CCc1cc(NC(=O)[C@@H](N)Cc2c[nH]c3ccccc23)ccc1C.Cl. The molecule has 1 atom stereocenters. The fourth-order valence-corrected chi connectivity index (χ4v) is 3.00. The number of H-pyrrole nitrogens is 1. The normalized spacial score (nSPS) is 11.8. The van der Waals surface area contributed by atoms with E-state index in [0.717, 1.165) is 28.6 Å². The lowest BCUT2D eigenvalue weighted by atomic mass is 10.0. The lowest BCUT2D eigenvalue weighted by molar-refractivity contribution is -0.117. The number of rotatable bonds is 5. The van der Waals surface area contributed by atoms with Crippen molar-refractivity contribution in [2.45, 2.75) is 32.7 Å².